The molecule has 1 saturated heterocycles. The summed E-state index contributed by atoms with van der Waals surface area (Å²) < 4.78 is 1.10. The normalized spacial score (nSPS) is 26.7. The van der Waals surface area contributed by atoms with Crippen LogP contribution in [-0.2, 0) is 0 Å². The summed E-state index contributed by atoms with van der Waals surface area (Å²) in [5.41, 5.74) is 0.630. The zero-order chi connectivity index (χ0) is 10.9. The van der Waals surface area contributed by atoms with Crippen molar-refractivity contribution in [2.75, 3.05) is 18.0 Å². The van der Waals surface area contributed by atoms with E-state index in [1.165, 1.54) is 5.69 Å². The molecule has 82 valence electrons. The fourth-order valence-corrected chi connectivity index (χ4v) is 2.67. The highest BCUT2D eigenvalue weighted by atomic mass is 79.9. The number of hydrogen-bond donors (Lipinski definition) is 1. The van der Waals surface area contributed by atoms with Crippen molar-refractivity contribution in [1.29, 1.82) is 0 Å². The van der Waals surface area contributed by atoms with E-state index in [1.807, 2.05) is 25.1 Å². The zero-order valence-electron chi connectivity index (χ0n) is 8.91. The van der Waals surface area contributed by atoms with Crippen molar-refractivity contribution in [1.82, 2.24) is 0 Å². The minimum absolute atomic E-state index is 0.548. The van der Waals surface area contributed by atoms with Crippen LogP contribution in [0.15, 0.2) is 28.7 Å². The summed E-state index contributed by atoms with van der Waals surface area (Å²) in [7, 11) is 0. The number of aliphatic hydroxyl groups is 1. The highest BCUT2D eigenvalue weighted by molar-refractivity contribution is 9.10. The van der Waals surface area contributed by atoms with Gasteiger partial charge in [0.15, 0.2) is 0 Å². The topological polar surface area (TPSA) is 23.5 Å². The summed E-state index contributed by atoms with van der Waals surface area (Å²) in [5, 5.41) is 10.0. The van der Waals surface area contributed by atoms with Crippen LogP contribution in [0.3, 0.4) is 0 Å². The lowest BCUT2D eigenvalue weighted by molar-refractivity contribution is 0.0449. The first-order valence-corrected chi connectivity index (χ1v) is 6.10. The lowest BCUT2D eigenvalue weighted by Gasteiger charge is -2.38. The minimum Gasteiger partial charge on any atom is -0.388 e. The number of anilines is 1. The van der Waals surface area contributed by atoms with Crippen molar-refractivity contribution in [3.8, 4) is 0 Å². The maximum Gasteiger partial charge on any atom is 0.0794 e. The van der Waals surface area contributed by atoms with Gasteiger partial charge in [0.05, 0.1) is 11.3 Å². The first-order chi connectivity index (χ1) is 7.08. The van der Waals surface area contributed by atoms with Crippen molar-refractivity contribution in [2.24, 2.45) is 0 Å². The SMILES string of the molecule is CC1(O)CCCN(c2ccccc2Br)C1. The number of para-hydroxylation sites is 1. The Morgan fingerprint density at radius 2 is 2.13 bits per heavy atom. The monoisotopic (exact) mass is 269 g/mol. The van der Waals surface area contributed by atoms with Crippen LogP contribution in [0.1, 0.15) is 19.8 Å². The molecule has 3 heteroatoms. The molecular formula is C12H16BrNO. The molecule has 1 unspecified atom stereocenters. The number of nitrogens with zero attached hydrogens (tertiary/aromatic N) is 1. The third-order valence-electron chi connectivity index (χ3n) is 2.87. The molecule has 1 aromatic rings. The predicted octanol–water partition coefficient (Wildman–Crippen LogP) is 2.80. The largest absolute Gasteiger partial charge is 0.388 e. The van der Waals surface area contributed by atoms with Crippen LogP contribution in [0, 0.1) is 0 Å². The van der Waals surface area contributed by atoms with Crippen LogP contribution in [0.5, 0.6) is 0 Å². The van der Waals surface area contributed by atoms with Gasteiger partial charge in [-0.1, -0.05) is 12.1 Å². The molecule has 0 bridgehead atoms. The molecule has 0 aromatic heterocycles. The maximum absolute atomic E-state index is 10.0. The summed E-state index contributed by atoms with van der Waals surface area (Å²) in [6.45, 7) is 3.66. The van der Waals surface area contributed by atoms with Crippen LogP contribution in [0.2, 0.25) is 0 Å². The lowest BCUT2D eigenvalue weighted by atomic mass is 9.95. The minimum atomic E-state index is -0.548. The Labute approximate surface area is 99.0 Å². The van der Waals surface area contributed by atoms with Gasteiger partial charge in [-0.25, -0.2) is 0 Å². The summed E-state index contributed by atoms with van der Waals surface area (Å²) >= 11 is 3.55. The van der Waals surface area contributed by atoms with E-state index in [-0.39, 0.29) is 0 Å². The van der Waals surface area contributed by atoms with E-state index in [0.717, 1.165) is 30.4 Å². The van der Waals surface area contributed by atoms with Crippen LogP contribution >= 0.6 is 15.9 Å². The molecule has 0 spiro atoms. The van der Waals surface area contributed by atoms with E-state index in [2.05, 4.69) is 26.9 Å². The van der Waals surface area contributed by atoms with Gasteiger partial charge >= 0.3 is 0 Å². The van der Waals surface area contributed by atoms with E-state index in [9.17, 15) is 5.11 Å². The number of benzene rings is 1. The van der Waals surface area contributed by atoms with Crippen LogP contribution in [0.4, 0.5) is 5.69 Å². The van der Waals surface area contributed by atoms with Crippen LogP contribution in [0.25, 0.3) is 0 Å². The lowest BCUT2D eigenvalue weighted by Crippen LogP contribution is -2.46. The molecule has 1 atom stereocenters. The number of β-amino-alcohol motifs (C(OH)–C–C–N with tert-alkyl or cyclic N) is 1. The van der Waals surface area contributed by atoms with Gasteiger partial charge in [-0.05, 0) is 47.8 Å². The maximum atomic E-state index is 10.0. The average Bonchev–Trinajstić information content (AvgIpc) is 2.17. The molecule has 0 radical (unpaired) electrons. The van der Waals surface area contributed by atoms with Crippen molar-refractivity contribution >= 4 is 21.6 Å². The third-order valence-corrected chi connectivity index (χ3v) is 3.54. The molecule has 1 aliphatic heterocycles. The Balaban J connectivity index is 2.21. The smallest absolute Gasteiger partial charge is 0.0794 e. The fraction of sp³-hybridized carbons (Fsp3) is 0.500. The third kappa shape index (κ3) is 2.52. The molecule has 1 N–H and O–H groups in total. The van der Waals surface area contributed by atoms with Crippen molar-refractivity contribution in [2.45, 2.75) is 25.4 Å². The average molecular weight is 270 g/mol. The number of hydrogen-bond acceptors (Lipinski definition) is 2. The molecule has 2 rings (SSSR count). The number of halogens is 1. The Hall–Kier alpha value is -0.540. The predicted molar refractivity (Wildman–Crippen MR) is 66.2 cm³/mol. The second kappa shape index (κ2) is 4.14. The van der Waals surface area contributed by atoms with Gasteiger partial charge in [0.1, 0.15) is 0 Å². The molecule has 1 fully saturated rings. The fourth-order valence-electron chi connectivity index (χ4n) is 2.13. The van der Waals surface area contributed by atoms with Crippen LogP contribution < -0.4 is 4.90 Å². The summed E-state index contributed by atoms with van der Waals surface area (Å²) in [4.78, 5) is 2.24. The molecule has 15 heavy (non-hydrogen) atoms. The van der Waals surface area contributed by atoms with Crippen molar-refractivity contribution in [3.05, 3.63) is 28.7 Å². The summed E-state index contributed by atoms with van der Waals surface area (Å²) in [6, 6.07) is 8.17. The van der Waals surface area contributed by atoms with Gasteiger partial charge in [-0.3, -0.25) is 0 Å². The first-order valence-electron chi connectivity index (χ1n) is 5.30. The van der Waals surface area contributed by atoms with Gasteiger partial charge in [-0.15, -0.1) is 0 Å². The molecule has 1 aliphatic rings. The second-order valence-electron chi connectivity index (χ2n) is 4.47. The molecule has 0 aliphatic carbocycles. The Kier molecular flexibility index (Phi) is 3.03. The van der Waals surface area contributed by atoms with E-state index < -0.39 is 5.60 Å². The summed E-state index contributed by atoms with van der Waals surface area (Å²) in [6.07, 6.45) is 1.95. The Morgan fingerprint density at radius 1 is 1.40 bits per heavy atom. The second-order valence-corrected chi connectivity index (χ2v) is 5.33. The molecule has 1 aromatic carbocycles. The molecule has 1 heterocycles. The Bertz CT molecular complexity index is 351. The van der Waals surface area contributed by atoms with Gasteiger partial charge in [0, 0.05) is 17.6 Å². The number of rotatable bonds is 1. The van der Waals surface area contributed by atoms with E-state index >= 15 is 0 Å². The molecule has 2 nitrogen and oxygen atoms in total. The number of piperidine rings is 1. The van der Waals surface area contributed by atoms with Crippen LogP contribution in [-0.4, -0.2) is 23.8 Å². The highest BCUT2D eigenvalue weighted by Crippen LogP contribution is 2.30. The van der Waals surface area contributed by atoms with E-state index in [0.29, 0.717) is 0 Å². The first kappa shape index (κ1) is 11.0. The Morgan fingerprint density at radius 3 is 2.80 bits per heavy atom. The van der Waals surface area contributed by atoms with Crippen molar-refractivity contribution in [3.63, 3.8) is 0 Å². The molecule has 0 saturated carbocycles. The quantitative estimate of drug-likeness (QED) is 0.848. The van der Waals surface area contributed by atoms with Gasteiger partial charge in [-0.2, -0.15) is 0 Å². The zero-order valence-corrected chi connectivity index (χ0v) is 10.5. The summed E-state index contributed by atoms with van der Waals surface area (Å²) in [5.74, 6) is 0. The van der Waals surface area contributed by atoms with Gasteiger partial charge in [0.2, 0.25) is 0 Å². The highest BCUT2D eigenvalue weighted by Gasteiger charge is 2.28. The van der Waals surface area contributed by atoms with Gasteiger partial charge < -0.3 is 10.0 Å². The van der Waals surface area contributed by atoms with Gasteiger partial charge in [0.25, 0.3) is 0 Å². The molecule has 0 amide bonds. The van der Waals surface area contributed by atoms with E-state index in [4.69, 9.17) is 0 Å². The van der Waals surface area contributed by atoms with E-state index in [1.54, 1.807) is 0 Å². The standard InChI is InChI=1S/C12H16BrNO/c1-12(15)7-4-8-14(9-12)11-6-3-2-5-10(11)13/h2-3,5-6,15H,4,7-9H2,1H3. The van der Waals surface area contributed by atoms with Crippen molar-refractivity contribution < 1.29 is 5.11 Å². The molecular weight excluding hydrogens is 254 g/mol.